The van der Waals surface area contributed by atoms with Crippen LogP contribution in [0, 0.1) is 0 Å². The molecule has 4 heteroatoms. The first kappa shape index (κ1) is 8.50. The number of halogens is 1. The molecule has 0 aromatic rings. The van der Waals surface area contributed by atoms with E-state index in [9.17, 15) is 4.79 Å². The van der Waals surface area contributed by atoms with Gasteiger partial charge in [0.25, 0.3) is 0 Å². The van der Waals surface area contributed by atoms with Crippen LogP contribution in [0.15, 0.2) is 5.70 Å². The van der Waals surface area contributed by atoms with Gasteiger partial charge < -0.3 is 10.1 Å². The second-order valence-electron chi connectivity index (χ2n) is 1.56. The Morgan fingerprint density at radius 1 is 1.67 bits per heavy atom. The lowest BCUT2D eigenvalue weighted by molar-refractivity contribution is 0.133. The molecule has 1 fully saturated rings. The summed E-state index contributed by atoms with van der Waals surface area (Å²) in [5.74, 6) is 1.73. The highest BCUT2D eigenvalue weighted by molar-refractivity contribution is 5.85. The lowest BCUT2D eigenvalue weighted by Gasteiger charge is -2.13. The first-order chi connectivity index (χ1) is 3.93. The maximum absolute atomic E-state index is 9.86. The first-order valence-corrected chi connectivity index (χ1v) is 2.49. The fourth-order valence-electron chi connectivity index (χ4n) is 0.565. The van der Waals surface area contributed by atoms with Crippen LogP contribution in [0.25, 0.3) is 0 Å². The minimum Gasteiger partial charge on any atom is -0.375 e. The molecule has 1 heterocycles. The van der Waals surface area contributed by atoms with Gasteiger partial charge >= 0.3 is 0 Å². The van der Waals surface area contributed by atoms with Crippen LogP contribution in [-0.2, 0) is 9.53 Å². The number of ether oxygens (including phenoxy) is 1. The fraction of sp³-hybridized carbons (Fsp3) is 0.600. The molecule has 0 spiro atoms. The Morgan fingerprint density at radius 3 is 2.78 bits per heavy atom. The highest BCUT2D eigenvalue weighted by atomic mass is 35.5. The predicted molar refractivity (Wildman–Crippen MR) is 35.3 cm³/mol. The summed E-state index contributed by atoms with van der Waals surface area (Å²) < 4.78 is 4.91. The third-order valence-electron chi connectivity index (χ3n) is 0.954. The highest BCUT2D eigenvalue weighted by Crippen LogP contribution is 1.89. The summed E-state index contributed by atoms with van der Waals surface area (Å²) in [6.07, 6.45) is 0. The lowest BCUT2D eigenvalue weighted by Crippen LogP contribution is -2.28. The number of hydrogen-bond acceptors (Lipinski definition) is 3. The highest BCUT2D eigenvalue weighted by Gasteiger charge is 2.02. The van der Waals surface area contributed by atoms with E-state index in [1.165, 1.54) is 0 Å². The quantitative estimate of drug-likeness (QED) is 0.483. The molecule has 1 saturated heterocycles. The van der Waals surface area contributed by atoms with Crippen molar-refractivity contribution in [2.75, 3.05) is 19.8 Å². The van der Waals surface area contributed by atoms with Gasteiger partial charge in [-0.05, 0) is 0 Å². The Kier molecular flexibility index (Phi) is 4.14. The molecule has 9 heavy (non-hydrogen) atoms. The summed E-state index contributed by atoms with van der Waals surface area (Å²) in [7, 11) is 0. The van der Waals surface area contributed by atoms with E-state index < -0.39 is 0 Å². The Bertz CT molecular complexity index is 123. The number of hydrogen-bond donors (Lipinski definition) is 1. The average Bonchev–Trinajstić information content (AvgIpc) is 1.90. The molecule has 52 valence electrons. The van der Waals surface area contributed by atoms with Crippen molar-refractivity contribution < 1.29 is 9.53 Å². The van der Waals surface area contributed by atoms with Crippen molar-refractivity contribution >= 4 is 18.3 Å². The Balaban J connectivity index is 0.000000640. The van der Waals surface area contributed by atoms with E-state index in [0.717, 1.165) is 6.54 Å². The molecule has 0 aromatic carbocycles. The SMILES string of the molecule is Cl.O=C=C1COCCN1. The van der Waals surface area contributed by atoms with Crippen molar-refractivity contribution in [2.45, 2.75) is 0 Å². The van der Waals surface area contributed by atoms with Crippen LogP contribution in [0.5, 0.6) is 0 Å². The van der Waals surface area contributed by atoms with Crippen molar-refractivity contribution in [1.82, 2.24) is 5.32 Å². The molecule has 0 aliphatic carbocycles. The molecule has 0 amide bonds. The second kappa shape index (κ2) is 4.39. The van der Waals surface area contributed by atoms with E-state index in [1.54, 1.807) is 5.94 Å². The van der Waals surface area contributed by atoms with E-state index >= 15 is 0 Å². The summed E-state index contributed by atoms with van der Waals surface area (Å²) in [4.78, 5) is 9.86. The Labute approximate surface area is 59.5 Å². The van der Waals surface area contributed by atoms with E-state index in [2.05, 4.69) is 5.32 Å². The van der Waals surface area contributed by atoms with Crippen LogP contribution < -0.4 is 5.32 Å². The monoisotopic (exact) mass is 149 g/mol. The molecular formula is C5H8ClNO2. The zero-order valence-corrected chi connectivity index (χ0v) is 5.66. The van der Waals surface area contributed by atoms with Crippen molar-refractivity contribution in [3.05, 3.63) is 5.70 Å². The molecule has 0 bridgehead atoms. The number of carbonyl (C=O) groups excluding carboxylic acids is 1. The van der Waals surface area contributed by atoms with Crippen molar-refractivity contribution in [3.8, 4) is 0 Å². The van der Waals surface area contributed by atoms with E-state index in [1.807, 2.05) is 0 Å². The van der Waals surface area contributed by atoms with Crippen LogP contribution in [0.2, 0.25) is 0 Å². The van der Waals surface area contributed by atoms with Crippen LogP contribution in [0.3, 0.4) is 0 Å². The van der Waals surface area contributed by atoms with Gasteiger partial charge in [-0.2, -0.15) is 0 Å². The molecule has 0 unspecified atom stereocenters. The fourth-order valence-corrected chi connectivity index (χ4v) is 0.565. The summed E-state index contributed by atoms with van der Waals surface area (Å²) in [6, 6.07) is 0. The number of nitrogens with one attached hydrogen (secondary N) is 1. The third-order valence-corrected chi connectivity index (χ3v) is 0.954. The normalized spacial score (nSPS) is 17.1. The second-order valence-corrected chi connectivity index (χ2v) is 1.56. The van der Waals surface area contributed by atoms with Gasteiger partial charge in [0, 0.05) is 6.54 Å². The van der Waals surface area contributed by atoms with Gasteiger partial charge in [0.2, 0.25) is 0 Å². The number of morpholine rings is 1. The van der Waals surface area contributed by atoms with E-state index in [4.69, 9.17) is 4.74 Å². The molecule has 0 saturated carbocycles. The van der Waals surface area contributed by atoms with Gasteiger partial charge in [0.1, 0.15) is 11.6 Å². The van der Waals surface area contributed by atoms with Gasteiger partial charge in [-0.1, -0.05) is 0 Å². The summed E-state index contributed by atoms with van der Waals surface area (Å²) in [6.45, 7) is 1.80. The third kappa shape index (κ3) is 2.51. The molecule has 0 atom stereocenters. The van der Waals surface area contributed by atoms with Gasteiger partial charge in [0.05, 0.1) is 13.2 Å². The zero-order chi connectivity index (χ0) is 5.82. The zero-order valence-electron chi connectivity index (χ0n) is 4.85. The van der Waals surface area contributed by atoms with Crippen LogP contribution >= 0.6 is 12.4 Å². The minimum absolute atomic E-state index is 0. The van der Waals surface area contributed by atoms with Gasteiger partial charge in [-0.3, -0.25) is 0 Å². The molecule has 0 aromatic heterocycles. The summed E-state index contributed by atoms with van der Waals surface area (Å²) in [5.41, 5.74) is 0.524. The predicted octanol–water partition coefficient (Wildman–Crippen LogP) is -0.256. The molecule has 0 radical (unpaired) electrons. The Hall–Kier alpha value is -0.500. The molecule has 1 aliphatic rings. The van der Waals surface area contributed by atoms with E-state index in [0.29, 0.717) is 18.9 Å². The average molecular weight is 150 g/mol. The van der Waals surface area contributed by atoms with Crippen molar-refractivity contribution in [3.63, 3.8) is 0 Å². The topological polar surface area (TPSA) is 38.3 Å². The van der Waals surface area contributed by atoms with Gasteiger partial charge in [0.15, 0.2) is 0 Å². The molecule has 1 aliphatic heterocycles. The van der Waals surface area contributed by atoms with Crippen molar-refractivity contribution in [1.29, 1.82) is 0 Å². The van der Waals surface area contributed by atoms with E-state index in [-0.39, 0.29) is 12.4 Å². The molecule has 1 rings (SSSR count). The summed E-state index contributed by atoms with van der Waals surface area (Å²) in [5, 5.41) is 2.84. The van der Waals surface area contributed by atoms with Gasteiger partial charge in [-0.15, -0.1) is 12.4 Å². The van der Waals surface area contributed by atoms with Crippen LogP contribution in [0.1, 0.15) is 0 Å². The summed E-state index contributed by atoms with van der Waals surface area (Å²) >= 11 is 0. The molecule has 3 nitrogen and oxygen atoms in total. The van der Waals surface area contributed by atoms with Gasteiger partial charge in [-0.25, -0.2) is 4.79 Å². The smallest absolute Gasteiger partial charge is 0.148 e. The number of rotatable bonds is 0. The van der Waals surface area contributed by atoms with Crippen LogP contribution in [-0.4, -0.2) is 25.7 Å². The molecular weight excluding hydrogens is 142 g/mol. The lowest BCUT2D eigenvalue weighted by atomic mass is 10.4. The molecule has 1 N–H and O–H groups in total. The van der Waals surface area contributed by atoms with Crippen LogP contribution in [0.4, 0.5) is 0 Å². The largest absolute Gasteiger partial charge is 0.375 e. The standard InChI is InChI=1S/C5H7NO2.ClH/c7-3-5-4-8-2-1-6-5;/h6H,1-2,4H2;1H. The first-order valence-electron chi connectivity index (χ1n) is 2.49. The van der Waals surface area contributed by atoms with Crippen molar-refractivity contribution in [2.24, 2.45) is 0 Å². The Morgan fingerprint density at radius 2 is 2.44 bits per heavy atom. The minimum atomic E-state index is 0. The maximum Gasteiger partial charge on any atom is 0.148 e. The maximum atomic E-state index is 9.86.